The molecule has 0 aromatic heterocycles. The van der Waals surface area contributed by atoms with E-state index in [-0.39, 0.29) is 18.9 Å². The number of anilines is 1. The lowest BCUT2D eigenvalue weighted by molar-refractivity contribution is -0.136. The van der Waals surface area contributed by atoms with Gasteiger partial charge in [-0.2, -0.15) is 0 Å². The van der Waals surface area contributed by atoms with Gasteiger partial charge in [-0.15, -0.1) is 0 Å². The molecule has 2 rings (SSSR count). The van der Waals surface area contributed by atoms with E-state index < -0.39 is 12.1 Å². The number of hydrogen-bond donors (Lipinski definition) is 1. The van der Waals surface area contributed by atoms with Crippen molar-refractivity contribution in [2.75, 3.05) is 25.2 Å². The van der Waals surface area contributed by atoms with Crippen molar-refractivity contribution in [3.8, 4) is 5.75 Å². The van der Waals surface area contributed by atoms with Gasteiger partial charge in [-0.05, 0) is 37.1 Å². The van der Waals surface area contributed by atoms with Crippen LogP contribution in [0, 0.1) is 0 Å². The van der Waals surface area contributed by atoms with Crippen molar-refractivity contribution in [2.24, 2.45) is 0 Å². The molecule has 1 N–H and O–H groups in total. The maximum absolute atomic E-state index is 12.5. The second-order valence-electron chi connectivity index (χ2n) is 4.83. The van der Waals surface area contributed by atoms with Gasteiger partial charge in [0.1, 0.15) is 11.9 Å². The highest BCUT2D eigenvalue weighted by atomic mass is 16.5. The van der Waals surface area contributed by atoms with Crippen molar-refractivity contribution in [3.05, 3.63) is 24.3 Å². The summed E-state index contributed by atoms with van der Waals surface area (Å²) in [6, 6.07) is 6.97. The summed E-state index contributed by atoms with van der Waals surface area (Å²) < 4.78 is 10.5. The number of carboxylic acids is 1. The first-order valence-electron chi connectivity index (χ1n) is 6.90. The molecule has 0 radical (unpaired) electrons. The topological polar surface area (TPSA) is 76.1 Å². The van der Waals surface area contributed by atoms with Gasteiger partial charge < -0.3 is 19.5 Å². The molecular formula is C15H19NO5. The molecule has 1 aromatic rings. The zero-order chi connectivity index (χ0) is 15.2. The molecular weight excluding hydrogens is 274 g/mol. The third-order valence-corrected chi connectivity index (χ3v) is 3.40. The molecule has 0 saturated carbocycles. The second kappa shape index (κ2) is 7.08. The summed E-state index contributed by atoms with van der Waals surface area (Å²) in [5.41, 5.74) is 0.651. The number of carboxylic acid groups (broad SMARTS) is 1. The number of aliphatic carboxylic acids is 1. The molecule has 1 aromatic carbocycles. The van der Waals surface area contributed by atoms with Crippen LogP contribution in [0.15, 0.2) is 24.3 Å². The maximum atomic E-state index is 12.5. The van der Waals surface area contributed by atoms with Crippen LogP contribution in [0.1, 0.15) is 19.3 Å². The smallest absolute Gasteiger partial charge is 0.305 e. The molecule has 0 spiro atoms. The fourth-order valence-electron chi connectivity index (χ4n) is 2.28. The molecule has 1 heterocycles. The fraction of sp³-hybridized carbons (Fsp3) is 0.467. The molecule has 1 saturated heterocycles. The number of methoxy groups -OCH3 is 1. The first-order chi connectivity index (χ1) is 10.1. The quantitative estimate of drug-likeness (QED) is 0.863. The van der Waals surface area contributed by atoms with Gasteiger partial charge in [0.25, 0.3) is 5.91 Å². The Morgan fingerprint density at radius 2 is 2.10 bits per heavy atom. The Morgan fingerprint density at radius 1 is 1.38 bits per heavy atom. The number of carbonyl (C=O) groups excluding carboxylic acids is 1. The number of amides is 1. The van der Waals surface area contributed by atoms with Crippen LogP contribution >= 0.6 is 0 Å². The van der Waals surface area contributed by atoms with Gasteiger partial charge in [-0.3, -0.25) is 9.59 Å². The number of benzene rings is 1. The summed E-state index contributed by atoms with van der Waals surface area (Å²) in [7, 11) is 1.56. The minimum Gasteiger partial charge on any atom is -0.497 e. The summed E-state index contributed by atoms with van der Waals surface area (Å²) in [5, 5.41) is 8.85. The van der Waals surface area contributed by atoms with E-state index in [1.165, 1.54) is 4.90 Å². The molecule has 0 bridgehead atoms. The van der Waals surface area contributed by atoms with E-state index in [1.54, 1.807) is 31.4 Å². The van der Waals surface area contributed by atoms with Gasteiger partial charge in [-0.25, -0.2) is 0 Å². The average molecular weight is 293 g/mol. The van der Waals surface area contributed by atoms with E-state index in [4.69, 9.17) is 14.6 Å². The third-order valence-electron chi connectivity index (χ3n) is 3.40. The Bertz CT molecular complexity index is 493. The Hall–Kier alpha value is -2.08. The van der Waals surface area contributed by atoms with Crippen LogP contribution in [0.25, 0.3) is 0 Å². The van der Waals surface area contributed by atoms with Crippen molar-refractivity contribution < 1.29 is 24.2 Å². The van der Waals surface area contributed by atoms with Crippen molar-refractivity contribution in [2.45, 2.75) is 25.4 Å². The Morgan fingerprint density at radius 3 is 2.62 bits per heavy atom. The lowest BCUT2D eigenvalue weighted by atomic mass is 10.2. The molecule has 6 nitrogen and oxygen atoms in total. The van der Waals surface area contributed by atoms with E-state index in [0.717, 1.165) is 6.42 Å². The zero-order valence-electron chi connectivity index (χ0n) is 11.9. The molecule has 1 amide bonds. The van der Waals surface area contributed by atoms with Gasteiger partial charge in [0.2, 0.25) is 0 Å². The molecule has 6 heteroatoms. The average Bonchev–Trinajstić information content (AvgIpc) is 3.02. The summed E-state index contributed by atoms with van der Waals surface area (Å²) >= 11 is 0. The van der Waals surface area contributed by atoms with Crippen molar-refractivity contribution in [1.29, 1.82) is 0 Å². The SMILES string of the molecule is COc1ccc(N(CCC(=O)O)C(=O)C2CCCO2)cc1. The third kappa shape index (κ3) is 3.95. The lowest BCUT2D eigenvalue weighted by Crippen LogP contribution is -2.40. The standard InChI is InChI=1S/C15H19NO5/c1-20-12-6-4-11(5-7-12)16(9-8-14(17)18)15(19)13-3-2-10-21-13/h4-7,13H,2-3,8-10H2,1H3,(H,17,18). The minimum absolute atomic E-state index is 0.107. The van der Waals surface area contributed by atoms with Gasteiger partial charge >= 0.3 is 5.97 Å². The molecule has 1 atom stereocenters. The normalized spacial score (nSPS) is 17.5. The van der Waals surface area contributed by atoms with Crippen molar-refractivity contribution in [1.82, 2.24) is 0 Å². The minimum atomic E-state index is -0.936. The Labute approximate surface area is 123 Å². The van der Waals surface area contributed by atoms with E-state index in [0.29, 0.717) is 24.5 Å². The second-order valence-corrected chi connectivity index (χ2v) is 4.83. The summed E-state index contributed by atoms with van der Waals surface area (Å²) in [4.78, 5) is 24.8. The molecule has 1 unspecified atom stereocenters. The van der Waals surface area contributed by atoms with Gasteiger partial charge in [0.15, 0.2) is 0 Å². The van der Waals surface area contributed by atoms with Gasteiger partial charge in [0, 0.05) is 18.8 Å². The molecule has 1 fully saturated rings. The monoisotopic (exact) mass is 293 g/mol. The van der Waals surface area contributed by atoms with Crippen LogP contribution < -0.4 is 9.64 Å². The summed E-state index contributed by atoms with van der Waals surface area (Å²) in [6.45, 7) is 0.701. The molecule has 0 aliphatic carbocycles. The lowest BCUT2D eigenvalue weighted by Gasteiger charge is -2.25. The molecule has 1 aliphatic rings. The highest BCUT2D eigenvalue weighted by molar-refractivity contribution is 5.97. The number of ether oxygens (including phenoxy) is 2. The predicted octanol–water partition coefficient (Wildman–Crippen LogP) is 1.68. The highest BCUT2D eigenvalue weighted by Gasteiger charge is 2.29. The van der Waals surface area contributed by atoms with E-state index in [1.807, 2.05) is 0 Å². The van der Waals surface area contributed by atoms with E-state index in [9.17, 15) is 9.59 Å². The zero-order valence-corrected chi connectivity index (χ0v) is 11.9. The number of rotatable bonds is 6. The highest BCUT2D eigenvalue weighted by Crippen LogP contribution is 2.23. The number of hydrogen-bond acceptors (Lipinski definition) is 4. The summed E-state index contributed by atoms with van der Waals surface area (Å²) in [5.74, 6) is -0.436. The Kier molecular flexibility index (Phi) is 5.16. The summed E-state index contributed by atoms with van der Waals surface area (Å²) in [6.07, 6.45) is 0.954. The van der Waals surface area contributed by atoms with Crippen LogP contribution in [-0.4, -0.2) is 43.3 Å². The van der Waals surface area contributed by atoms with Crippen LogP contribution in [0.2, 0.25) is 0 Å². The molecule has 21 heavy (non-hydrogen) atoms. The number of carbonyl (C=O) groups is 2. The van der Waals surface area contributed by atoms with Gasteiger partial charge in [0.05, 0.1) is 13.5 Å². The largest absolute Gasteiger partial charge is 0.497 e. The van der Waals surface area contributed by atoms with Crippen LogP contribution in [0.4, 0.5) is 5.69 Å². The van der Waals surface area contributed by atoms with Crippen molar-refractivity contribution in [3.63, 3.8) is 0 Å². The molecule has 1 aliphatic heterocycles. The first-order valence-corrected chi connectivity index (χ1v) is 6.90. The first kappa shape index (κ1) is 15.3. The molecule has 114 valence electrons. The van der Waals surface area contributed by atoms with E-state index in [2.05, 4.69) is 0 Å². The van der Waals surface area contributed by atoms with Crippen LogP contribution in [0.5, 0.6) is 5.75 Å². The van der Waals surface area contributed by atoms with Crippen LogP contribution in [-0.2, 0) is 14.3 Å². The predicted molar refractivity (Wildman–Crippen MR) is 76.6 cm³/mol. The Balaban J connectivity index is 2.16. The van der Waals surface area contributed by atoms with E-state index >= 15 is 0 Å². The van der Waals surface area contributed by atoms with Crippen molar-refractivity contribution >= 4 is 17.6 Å². The fourth-order valence-corrected chi connectivity index (χ4v) is 2.28. The van der Waals surface area contributed by atoms with Crippen LogP contribution in [0.3, 0.4) is 0 Å². The maximum Gasteiger partial charge on any atom is 0.305 e. The van der Waals surface area contributed by atoms with Gasteiger partial charge in [-0.1, -0.05) is 0 Å². The number of nitrogens with zero attached hydrogens (tertiary/aromatic N) is 1.